The van der Waals surface area contributed by atoms with Crippen molar-refractivity contribution in [1.82, 2.24) is 0 Å². The first kappa shape index (κ1) is 12.0. The van der Waals surface area contributed by atoms with Crippen molar-refractivity contribution < 1.29 is 0 Å². The molecule has 0 aliphatic carbocycles. The summed E-state index contributed by atoms with van der Waals surface area (Å²) in [6, 6.07) is 14.4. The topological polar surface area (TPSA) is 35.9 Å². The molecule has 2 N–H and O–H groups in total. The molecule has 0 amide bonds. The highest BCUT2D eigenvalue weighted by atomic mass is 35.5. The van der Waals surface area contributed by atoms with Crippen LogP contribution in [0.25, 0.3) is 0 Å². The Bertz CT molecular complexity index is 535. The van der Waals surface area contributed by atoms with Gasteiger partial charge in [0.05, 0.1) is 5.02 Å². The summed E-state index contributed by atoms with van der Waals surface area (Å²) in [7, 11) is 0. The van der Waals surface area contributed by atoms with Crippen LogP contribution in [0.2, 0.25) is 10.0 Å². The van der Waals surface area contributed by atoms with E-state index in [0.717, 1.165) is 5.69 Å². The van der Waals surface area contributed by atoms with Gasteiger partial charge in [0.2, 0.25) is 0 Å². The molecule has 2 aromatic rings. The maximum absolute atomic E-state index is 7.93. The number of nitrogens with one attached hydrogen (secondary N) is 2. The van der Waals surface area contributed by atoms with E-state index in [-0.39, 0.29) is 5.84 Å². The average Bonchev–Trinajstić information content (AvgIpc) is 2.32. The number of amidine groups is 1. The summed E-state index contributed by atoms with van der Waals surface area (Å²) in [5.41, 5.74) is 1.48. The lowest BCUT2D eigenvalue weighted by Gasteiger charge is -2.09. The van der Waals surface area contributed by atoms with E-state index in [1.807, 2.05) is 24.3 Å². The Morgan fingerprint density at radius 3 is 2.24 bits per heavy atom. The highest BCUT2D eigenvalue weighted by Crippen LogP contribution is 2.18. The Morgan fingerprint density at radius 1 is 0.941 bits per heavy atom. The van der Waals surface area contributed by atoms with Crippen LogP contribution in [-0.2, 0) is 0 Å². The predicted molar refractivity (Wildman–Crippen MR) is 73.4 cm³/mol. The molecule has 0 aliphatic heterocycles. The number of halogens is 2. The summed E-state index contributed by atoms with van der Waals surface area (Å²) in [6.07, 6.45) is 0. The molecular formula is C13H10Cl2N2. The fourth-order valence-corrected chi connectivity index (χ4v) is 1.77. The van der Waals surface area contributed by atoms with E-state index in [2.05, 4.69) is 5.32 Å². The zero-order valence-corrected chi connectivity index (χ0v) is 10.4. The van der Waals surface area contributed by atoms with Crippen LogP contribution >= 0.6 is 23.2 Å². The maximum atomic E-state index is 7.93. The third kappa shape index (κ3) is 2.99. The average molecular weight is 265 g/mol. The first-order valence-corrected chi connectivity index (χ1v) is 5.78. The summed E-state index contributed by atoms with van der Waals surface area (Å²) in [5.74, 6) is 0.262. The fraction of sp³-hybridized carbons (Fsp3) is 0. The highest BCUT2D eigenvalue weighted by molar-refractivity contribution is 6.34. The molecule has 4 heteroatoms. The molecule has 0 bridgehead atoms. The van der Waals surface area contributed by atoms with Crippen LogP contribution in [0.15, 0.2) is 48.5 Å². The standard InChI is InChI=1S/C13H10Cl2N2/c14-9-5-7-10(8-6-9)17-13(16)11-3-1-2-4-12(11)15/h1-8H,(H2,16,17). The zero-order chi connectivity index (χ0) is 12.3. The molecule has 0 radical (unpaired) electrons. The molecule has 0 atom stereocenters. The molecule has 0 heterocycles. The highest BCUT2D eigenvalue weighted by Gasteiger charge is 2.05. The molecule has 2 nitrogen and oxygen atoms in total. The third-order valence-corrected chi connectivity index (χ3v) is 2.84. The second kappa shape index (κ2) is 5.21. The van der Waals surface area contributed by atoms with Crippen LogP contribution < -0.4 is 5.32 Å². The third-order valence-electron chi connectivity index (χ3n) is 2.26. The van der Waals surface area contributed by atoms with Crippen molar-refractivity contribution in [2.45, 2.75) is 0 Å². The van der Waals surface area contributed by atoms with Crippen LogP contribution in [0.5, 0.6) is 0 Å². The first-order valence-electron chi connectivity index (χ1n) is 5.03. The summed E-state index contributed by atoms with van der Waals surface area (Å²) in [4.78, 5) is 0. The van der Waals surface area contributed by atoms with Crippen molar-refractivity contribution in [2.75, 3.05) is 5.32 Å². The normalized spacial score (nSPS) is 10.0. The molecule has 86 valence electrons. The molecule has 0 spiro atoms. The molecule has 0 unspecified atom stereocenters. The van der Waals surface area contributed by atoms with Crippen LogP contribution in [-0.4, -0.2) is 5.84 Å². The second-order valence-electron chi connectivity index (χ2n) is 3.49. The van der Waals surface area contributed by atoms with Gasteiger partial charge in [0.25, 0.3) is 0 Å². The van der Waals surface area contributed by atoms with Crippen LogP contribution in [0.1, 0.15) is 5.56 Å². The number of hydrogen-bond donors (Lipinski definition) is 2. The van der Waals surface area contributed by atoms with Crippen molar-refractivity contribution >= 4 is 34.7 Å². The second-order valence-corrected chi connectivity index (χ2v) is 4.33. The number of benzene rings is 2. The summed E-state index contributed by atoms with van der Waals surface area (Å²) >= 11 is 11.8. The van der Waals surface area contributed by atoms with Crippen molar-refractivity contribution in [2.24, 2.45) is 0 Å². The van der Waals surface area contributed by atoms with Crippen LogP contribution in [0.3, 0.4) is 0 Å². The molecule has 0 aliphatic rings. The van der Waals surface area contributed by atoms with Gasteiger partial charge in [-0.3, -0.25) is 5.41 Å². The van der Waals surface area contributed by atoms with Gasteiger partial charge in [-0.25, -0.2) is 0 Å². The van der Waals surface area contributed by atoms with Crippen LogP contribution in [0.4, 0.5) is 5.69 Å². The van der Waals surface area contributed by atoms with Gasteiger partial charge in [-0.1, -0.05) is 35.3 Å². The van der Waals surface area contributed by atoms with Gasteiger partial charge in [-0.15, -0.1) is 0 Å². The van der Waals surface area contributed by atoms with Gasteiger partial charge in [0.15, 0.2) is 0 Å². The Balaban J connectivity index is 2.17. The molecule has 0 aromatic heterocycles. The van der Waals surface area contributed by atoms with E-state index in [1.54, 1.807) is 24.3 Å². The lowest BCUT2D eigenvalue weighted by atomic mass is 10.2. The lowest BCUT2D eigenvalue weighted by Crippen LogP contribution is -2.12. The van der Waals surface area contributed by atoms with Crippen molar-refractivity contribution in [3.63, 3.8) is 0 Å². The first-order chi connectivity index (χ1) is 8.16. The molecule has 0 saturated carbocycles. The fourth-order valence-electron chi connectivity index (χ4n) is 1.41. The van der Waals surface area contributed by atoms with Gasteiger partial charge in [0, 0.05) is 16.3 Å². The SMILES string of the molecule is N=C(Nc1ccc(Cl)cc1)c1ccccc1Cl. The van der Waals surface area contributed by atoms with Gasteiger partial charge in [0.1, 0.15) is 5.84 Å². The molecule has 17 heavy (non-hydrogen) atoms. The molecule has 2 aromatic carbocycles. The number of anilines is 1. The largest absolute Gasteiger partial charge is 0.340 e. The van der Waals surface area contributed by atoms with E-state index in [9.17, 15) is 0 Å². The minimum absolute atomic E-state index is 0.262. The number of rotatable bonds is 2. The zero-order valence-electron chi connectivity index (χ0n) is 8.87. The summed E-state index contributed by atoms with van der Waals surface area (Å²) < 4.78 is 0. The van der Waals surface area contributed by atoms with E-state index in [0.29, 0.717) is 15.6 Å². The smallest absolute Gasteiger partial charge is 0.131 e. The van der Waals surface area contributed by atoms with Crippen molar-refractivity contribution in [1.29, 1.82) is 5.41 Å². The predicted octanol–water partition coefficient (Wildman–Crippen LogP) is 4.43. The molecular weight excluding hydrogens is 255 g/mol. The van der Waals surface area contributed by atoms with Crippen molar-refractivity contribution in [3.05, 3.63) is 64.1 Å². The minimum Gasteiger partial charge on any atom is -0.340 e. The van der Waals surface area contributed by atoms with Gasteiger partial charge in [-0.05, 0) is 36.4 Å². The monoisotopic (exact) mass is 264 g/mol. The van der Waals surface area contributed by atoms with Crippen molar-refractivity contribution in [3.8, 4) is 0 Å². The van der Waals surface area contributed by atoms with Gasteiger partial charge in [-0.2, -0.15) is 0 Å². The van der Waals surface area contributed by atoms with Crippen LogP contribution in [0, 0.1) is 5.41 Å². The molecule has 0 saturated heterocycles. The number of hydrogen-bond acceptors (Lipinski definition) is 1. The van der Waals surface area contributed by atoms with E-state index < -0.39 is 0 Å². The Morgan fingerprint density at radius 2 is 1.59 bits per heavy atom. The molecule has 0 fully saturated rings. The lowest BCUT2D eigenvalue weighted by molar-refractivity contribution is 1.44. The van der Waals surface area contributed by atoms with E-state index in [4.69, 9.17) is 28.6 Å². The van der Waals surface area contributed by atoms with Gasteiger partial charge < -0.3 is 5.32 Å². The molecule has 2 rings (SSSR count). The maximum Gasteiger partial charge on any atom is 0.131 e. The Kier molecular flexibility index (Phi) is 3.67. The summed E-state index contributed by atoms with van der Waals surface area (Å²) in [6.45, 7) is 0. The van der Waals surface area contributed by atoms with E-state index in [1.165, 1.54) is 0 Å². The quantitative estimate of drug-likeness (QED) is 0.611. The Labute approximate surface area is 110 Å². The van der Waals surface area contributed by atoms with E-state index >= 15 is 0 Å². The Hall–Kier alpha value is -1.51. The summed E-state index contributed by atoms with van der Waals surface area (Å²) in [5, 5.41) is 12.1. The minimum atomic E-state index is 0.262. The van der Waals surface area contributed by atoms with Gasteiger partial charge >= 0.3 is 0 Å².